The molecule has 1 aliphatic heterocycles. The van der Waals surface area contributed by atoms with E-state index in [2.05, 4.69) is 34.3 Å². The molecule has 1 fully saturated rings. The summed E-state index contributed by atoms with van der Waals surface area (Å²) in [6.07, 6.45) is 2.13. The van der Waals surface area contributed by atoms with Gasteiger partial charge in [0.2, 0.25) is 0 Å². The lowest BCUT2D eigenvalue weighted by molar-refractivity contribution is 0.0872. The van der Waals surface area contributed by atoms with E-state index in [-0.39, 0.29) is 16.4 Å². The fourth-order valence-electron chi connectivity index (χ4n) is 3.16. The summed E-state index contributed by atoms with van der Waals surface area (Å²) in [5.74, 6) is 0.721. The molecule has 2 N–H and O–H groups in total. The summed E-state index contributed by atoms with van der Waals surface area (Å²) in [4.78, 5) is 2.58. The summed E-state index contributed by atoms with van der Waals surface area (Å²) in [6.45, 7) is 6.77. The molecule has 1 unspecified atom stereocenters. The number of hydrogen-bond donors (Lipinski definition) is 1. The van der Waals surface area contributed by atoms with Crippen LogP contribution in [0.5, 0.6) is 0 Å². The van der Waals surface area contributed by atoms with Crippen molar-refractivity contribution in [2.24, 2.45) is 11.1 Å². The third-order valence-corrected chi connectivity index (χ3v) is 5.93. The Balaban J connectivity index is 1.79. The van der Waals surface area contributed by atoms with Gasteiger partial charge in [-0.2, -0.15) is 4.68 Å². The van der Waals surface area contributed by atoms with E-state index in [1.807, 2.05) is 0 Å². The highest BCUT2D eigenvalue weighted by Crippen LogP contribution is 2.28. The van der Waals surface area contributed by atoms with Crippen LogP contribution in [0.4, 0.5) is 0 Å². The molecule has 9 heteroatoms. The predicted octanol–water partition coefficient (Wildman–Crippen LogP) is 0.625. The van der Waals surface area contributed by atoms with Gasteiger partial charge in [-0.25, -0.2) is 8.42 Å². The van der Waals surface area contributed by atoms with Crippen molar-refractivity contribution in [2.45, 2.75) is 37.8 Å². The van der Waals surface area contributed by atoms with Crippen molar-refractivity contribution in [3.63, 3.8) is 0 Å². The minimum atomic E-state index is -3.22. The number of likely N-dealkylation sites (tertiary alicyclic amines) is 1. The number of sulfone groups is 1. The van der Waals surface area contributed by atoms with E-state index in [1.165, 1.54) is 6.26 Å². The second-order valence-corrected chi connectivity index (χ2v) is 9.38. The standard InChI is InChI=1S/C16H24N6O2S/c1-16(2)11-21(9-8-14(16)17)10-15-18-19-20-22(15)12-4-6-13(7-5-12)25(3,23)24/h4-7,14H,8-11,17H2,1-3H3. The van der Waals surface area contributed by atoms with E-state index >= 15 is 0 Å². The quantitative estimate of drug-likeness (QED) is 0.847. The maximum Gasteiger partial charge on any atom is 0.175 e. The largest absolute Gasteiger partial charge is 0.327 e. The van der Waals surface area contributed by atoms with Crippen LogP contribution in [0, 0.1) is 5.41 Å². The Morgan fingerprint density at radius 1 is 1.28 bits per heavy atom. The van der Waals surface area contributed by atoms with E-state index in [1.54, 1.807) is 28.9 Å². The number of hydrogen-bond acceptors (Lipinski definition) is 7. The summed E-state index contributed by atoms with van der Waals surface area (Å²) in [5, 5.41) is 12.0. The first kappa shape index (κ1) is 18.0. The molecule has 0 aliphatic carbocycles. The van der Waals surface area contributed by atoms with Gasteiger partial charge in [0, 0.05) is 25.4 Å². The van der Waals surface area contributed by atoms with E-state index in [9.17, 15) is 8.42 Å². The smallest absolute Gasteiger partial charge is 0.175 e. The molecule has 2 aromatic rings. The first-order valence-electron chi connectivity index (χ1n) is 8.22. The average molecular weight is 364 g/mol. The Morgan fingerprint density at radius 3 is 2.56 bits per heavy atom. The first-order chi connectivity index (χ1) is 11.7. The van der Waals surface area contributed by atoms with E-state index in [0.29, 0.717) is 6.54 Å². The molecule has 25 heavy (non-hydrogen) atoms. The lowest BCUT2D eigenvalue weighted by Gasteiger charge is -2.42. The second-order valence-electron chi connectivity index (χ2n) is 7.37. The number of piperidine rings is 1. The fourth-order valence-corrected chi connectivity index (χ4v) is 3.79. The number of rotatable bonds is 4. The van der Waals surface area contributed by atoms with Crippen molar-refractivity contribution in [1.82, 2.24) is 25.1 Å². The Labute approximate surface area is 147 Å². The highest BCUT2D eigenvalue weighted by Gasteiger charge is 2.33. The summed E-state index contributed by atoms with van der Waals surface area (Å²) in [7, 11) is -3.22. The number of nitrogens with two attached hydrogens (primary N) is 1. The highest BCUT2D eigenvalue weighted by molar-refractivity contribution is 7.90. The number of aromatic nitrogens is 4. The van der Waals surface area contributed by atoms with Crippen LogP contribution in [0.1, 0.15) is 26.1 Å². The molecule has 1 atom stereocenters. The number of tetrazole rings is 1. The Bertz CT molecular complexity index is 844. The summed E-state index contributed by atoms with van der Waals surface area (Å²) in [6, 6.07) is 6.76. The van der Waals surface area contributed by atoms with Gasteiger partial charge in [0.15, 0.2) is 15.7 Å². The normalized spacial score (nSPS) is 21.4. The van der Waals surface area contributed by atoms with Crippen molar-refractivity contribution in [3.05, 3.63) is 30.1 Å². The molecular formula is C16H24N6O2S. The van der Waals surface area contributed by atoms with Gasteiger partial charge in [0.1, 0.15) is 0 Å². The van der Waals surface area contributed by atoms with E-state index < -0.39 is 9.84 Å². The molecule has 0 amide bonds. The minimum Gasteiger partial charge on any atom is -0.327 e. The summed E-state index contributed by atoms with van der Waals surface area (Å²) in [5.41, 5.74) is 6.98. The minimum absolute atomic E-state index is 0.0493. The van der Waals surface area contributed by atoms with Crippen molar-refractivity contribution < 1.29 is 8.42 Å². The highest BCUT2D eigenvalue weighted by atomic mass is 32.2. The van der Waals surface area contributed by atoms with Gasteiger partial charge in [-0.1, -0.05) is 13.8 Å². The second kappa shape index (κ2) is 6.47. The van der Waals surface area contributed by atoms with E-state index in [4.69, 9.17) is 5.73 Å². The lowest BCUT2D eigenvalue weighted by Crippen LogP contribution is -2.52. The van der Waals surface area contributed by atoms with Gasteiger partial charge in [-0.15, -0.1) is 5.10 Å². The van der Waals surface area contributed by atoms with Gasteiger partial charge in [0.05, 0.1) is 17.1 Å². The van der Waals surface area contributed by atoms with Gasteiger partial charge in [0.25, 0.3) is 0 Å². The number of benzene rings is 1. The van der Waals surface area contributed by atoms with Crippen LogP contribution in [0.3, 0.4) is 0 Å². The molecule has 136 valence electrons. The number of nitrogens with zero attached hydrogens (tertiary/aromatic N) is 5. The Hall–Kier alpha value is -1.84. The fraction of sp³-hybridized carbons (Fsp3) is 0.562. The van der Waals surface area contributed by atoms with Crippen LogP contribution in [0.25, 0.3) is 5.69 Å². The van der Waals surface area contributed by atoms with Gasteiger partial charge in [-0.3, -0.25) is 4.90 Å². The molecule has 8 nitrogen and oxygen atoms in total. The van der Waals surface area contributed by atoms with Gasteiger partial charge < -0.3 is 5.73 Å². The molecule has 1 aromatic heterocycles. The molecule has 1 aromatic carbocycles. The topological polar surface area (TPSA) is 107 Å². The summed E-state index contributed by atoms with van der Waals surface area (Å²) < 4.78 is 24.8. The molecule has 0 spiro atoms. The van der Waals surface area contributed by atoms with Crippen molar-refractivity contribution in [3.8, 4) is 5.69 Å². The lowest BCUT2D eigenvalue weighted by atomic mass is 9.80. The molecule has 0 radical (unpaired) electrons. The first-order valence-corrected chi connectivity index (χ1v) is 10.1. The molecule has 1 aliphatic rings. The molecule has 2 heterocycles. The van der Waals surface area contributed by atoms with Crippen LogP contribution in [0.2, 0.25) is 0 Å². The maximum absolute atomic E-state index is 11.6. The third-order valence-electron chi connectivity index (χ3n) is 4.80. The van der Waals surface area contributed by atoms with Crippen LogP contribution in [0.15, 0.2) is 29.2 Å². The predicted molar refractivity (Wildman–Crippen MR) is 93.9 cm³/mol. The van der Waals surface area contributed by atoms with E-state index in [0.717, 1.165) is 31.0 Å². The average Bonchev–Trinajstić information content (AvgIpc) is 2.98. The summed E-state index contributed by atoms with van der Waals surface area (Å²) >= 11 is 0. The van der Waals surface area contributed by atoms with Crippen molar-refractivity contribution in [1.29, 1.82) is 0 Å². The van der Waals surface area contributed by atoms with Gasteiger partial charge >= 0.3 is 0 Å². The van der Waals surface area contributed by atoms with Crippen LogP contribution in [-0.2, 0) is 16.4 Å². The van der Waals surface area contributed by atoms with Crippen LogP contribution < -0.4 is 5.73 Å². The zero-order valence-electron chi connectivity index (χ0n) is 14.8. The molecule has 3 rings (SSSR count). The monoisotopic (exact) mass is 364 g/mol. The Kier molecular flexibility index (Phi) is 4.65. The molecule has 1 saturated heterocycles. The van der Waals surface area contributed by atoms with Crippen molar-refractivity contribution >= 4 is 9.84 Å². The molecular weight excluding hydrogens is 340 g/mol. The van der Waals surface area contributed by atoms with Gasteiger partial charge in [-0.05, 0) is 46.5 Å². The van der Waals surface area contributed by atoms with Crippen molar-refractivity contribution in [2.75, 3.05) is 19.3 Å². The van der Waals surface area contributed by atoms with Crippen LogP contribution in [-0.4, -0.2) is 58.9 Å². The SMILES string of the molecule is CC1(C)CN(Cc2nnnn2-c2ccc(S(C)(=O)=O)cc2)CCC1N. The van der Waals surface area contributed by atoms with Crippen LogP contribution >= 0.6 is 0 Å². The third kappa shape index (κ3) is 3.88. The zero-order chi connectivity index (χ0) is 18.2. The molecule has 0 saturated carbocycles. The Morgan fingerprint density at radius 2 is 1.96 bits per heavy atom. The maximum atomic E-state index is 11.6. The molecule has 0 bridgehead atoms. The zero-order valence-corrected chi connectivity index (χ0v) is 15.6.